The molecule has 5 unspecified atom stereocenters. The van der Waals surface area contributed by atoms with Crippen molar-refractivity contribution >= 4 is 230 Å². The zero-order chi connectivity index (χ0) is 86.0. The number of ether oxygens (including phenoxy) is 5. The second kappa shape index (κ2) is 68.6. The Morgan fingerprint density at radius 2 is 0.861 bits per heavy atom. The summed E-state index contributed by atoms with van der Waals surface area (Å²) in [5.41, 5.74) is 5.72. The summed E-state index contributed by atoms with van der Waals surface area (Å²) in [6.07, 6.45) is 11.3. The number of allylic oxidation sites excluding steroid dienone is 5. The minimum Gasteiger partial charge on any atom is -0.870 e. The van der Waals surface area contributed by atoms with Gasteiger partial charge >= 0.3 is 83.0 Å². The molecule has 0 saturated carbocycles. The second-order valence-electron chi connectivity index (χ2n) is 24.0. The van der Waals surface area contributed by atoms with Gasteiger partial charge in [-0.25, -0.2) is 4.79 Å². The second-order valence-corrected chi connectivity index (χ2v) is 31.1. The number of rotatable bonds is 26. The molecular formula is C86H94Cl14N4Na2O14S2. The number of thiophene rings is 1. The first kappa shape index (κ1) is 126. The van der Waals surface area contributed by atoms with E-state index < -0.39 is 40.2 Å². The zero-order valence-corrected chi connectivity index (χ0v) is 81.5. The first-order chi connectivity index (χ1) is 54.8. The molecule has 2 saturated heterocycles. The summed E-state index contributed by atoms with van der Waals surface area (Å²) in [5, 5.41) is 32.6. The number of anilines is 1. The summed E-state index contributed by atoms with van der Waals surface area (Å²) in [5.74, 6) is -4.00. The first-order valence-corrected chi connectivity index (χ1v) is 41.1. The van der Waals surface area contributed by atoms with Crippen LogP contribution in [0.3, 0.4) is 0 Å². The van der Waals surface area contributed by atoms with E-state index in [1.165, 1.54) is 25.6 Å². The van der Waals surface area contributed by atoms with Crippen molar-refractivity contribution in [2.75, 3.05) is 78.3 Å². The number of hydrogen-bond donors (Lipinski definition) is 1. The number of nitriles is 2. The van der Waals surface area contributed by atoms with E-state index in [0.717, 1.165) is 64.1 Å². The van der Waals surface area contributed by atoms with Crippen molar-refractivity contribution in [1.29, 1.82) is 10.5 Å². The molecule has 5 atom stereocenters. The fourth-order valence-corrected chi connectivity index (χ4v) is 14.4. The molecule has 0 amide bonds. The smallest absolute Gasteiger partial charge is 0.870 e. The van der Waals surface area contributed by atoms with Crippen molar-refractivity contribution in [3.05, 3.63) is 282 Å². The quantitative estimate of drug-likeness (QED) is 0.0132. The number of esters is 3. The van der Waals surface area contributed by atoms with Crippen LogP contribution >= 0.6 is 186 Å². The molecule has 654 valence electrons. The van der Waals surface area contributed by atoms with Crippen LogP contribution in [0, 0.1) is 22.7 Å². The molecule has 0 spiro atoms. The van der Waals surface area contributed by atoms with E-state index in [9.17, 15) is 34.0 Å². The van der Waals surface area contributed by atoms with Gasteiger partial charge in [0, 0.05) is 37.7 Å². The number of hydrogen-bond acceptors (Lipinski definition) is 18. The molecule has 2 fully saturated rings. The van der Waals surface area contributed by atoms with Crippen molar-refractivity contribution in [3.8, 4) is 12.1 Å². The van der Waals surface area contributed by atoms with Gasteiger partial charge in [-0.05, 0) is 168 Å². The molecule has 1 aromatic heterocycles. The Morgan fingerprint density at radius 1 is 0.516 bits per heavy atom. The van der Waals surface area contributed by atoms with Gasteiger partial charge in [-0.15, -0.1) is 44.2 Å². The number of halogens is 14. The van der Waals surface area contributed by atoms with E-state index in [4.69, 9.17) is 204 Å². The Morgan fingerprint density at radius 3 is 1.20 bits per heavy atom. The number of thiocarbonyl (C=S) groups is 1. The van der Waals surface area contributed by atoms with Crippen LogP contribution in [0.15, 0.2) is 172 Å². The average Bonchev–Trinajstić information content (AvgIpc) is 1.61. The topological polar surface area (TPSA) is 283 Å². The van der Waals surface area contributed by atoms with Crippen LogP contribution in [-0.4, -0.2) is 134 Å². The Balaban J connectivity index is -0.000000444. The molecule has 2 aliphatic rings. The number of benzene rings is 6. The molecule has 9 rings (SSSR count). The Hall–Kier alpha value is -4.49. The summed E-state index contributed by atoms with van der Waals surface area (Å²) in [7, 11) is 2.70. The molecule has 7 aromatic rings. The minimum atomic E-state index is -0.895. The van der Waals surface area contributed by atoms with Gasteiger partial charge in [0.15, 0.2) is 0 Å². The van der Waals surface area contributed by atoms with Crippen LogP contribution in [0.5, 0.6) is 0 Å². The van der Waals surface area contributed by atoms with E-state index >= 15 is 0 Å². The number of carboxylic acids is 1. The zero-order valence-electron chi connectivity index (χ0n) is 65.2. The number of morpholine rings is 2. The number of methoxy groups -OCH3 is 2. The number of aliphatic carboxylic acids is 1. The van der Waals surface area contributed by atoms with Gasteiger partial charge in [0.05, 0.1) is 161 Å². The van der Waals surface area contributed by atoms with Gasteiger partial charge in [0.25, 0.3) is 0 Å². The monoisotopic (exact) mass is 2010 g/mol. The molecule has 3 N–H and O–H groups in total. The van der Waals surface area contributed by atoms with E-state index in [2.05, 4.69) is 48.6 Å². The largest absolute Gasteiger partial charge is 1.00 e. The van der Waals surface area contributed by atoms with E-state index in [1.807, 2.05) is 17.0 Å². The summed E-state index contributed by atoms with van der Waals surface area (Å²) < 4.78 is 25.1. The van der Waals surface area contributed by atoms with Crippen molar-refractivity contribution in [3.63, 3.8) is 0 Å². The minimum absolute atomic E-state index is 0. The average molecular weight is 2010 g/mol. The number of carboxylic acid groups (broad SMARTS) is 1. The van der Waals surface area contributed by atoms with Crippen LogP contribution in [0.25, 0.3) is 0 Å². The predicted molar refractivity (Wildman–Crippen MR) is 500 cm³/mol. The number of carbonyl (C=O) groups excluding carboxylic acids is 5. The van der Waals surface area contributed by atoms with Crippen LogP contribution in [-0.2, 0) is 54.1 Å². The first-order valence-electron chi connectivity index (χ1n) is 34.5. The van der Waals surface area contributed by atoms with Crippen LogP contribution < -0.4 is 64.0 Å². The van der Waals surface area contributed by atoms with Gasteiger partial charge in [-0.3, -0.25) is 24.0 Å². The van der Waals surface area contributed by atoms with Gasteiger partial charge < -0.3 is 49.5 Å². The molecule has 0 bridgehead atoms. The standard InChI is InChI=1S/C22H22Cl2N2O3S.C12H12Cl2O2.2C11H9Cl3O.C11H10Cl2O2.C9H8Cl2O2.C7H10N2OS.3CH4.2Na.2H2O/c1-3-5-15(14-6-7-17(23)18(24)12-14)19-16(13-25)21(26-8-10-28-11-9-26)30-20(19)22(27)29-4-2;1-3-4-9(12(15)16-2)8-5-6-10(13)11(14)7-8;3*1-2-3-8(11(14)15)7-4-5-9(12)10(13)6-7;1-13-9(12)5-6-2-3-7(10)8(11)4-6;8-2-1-7(11)9-3-5-10-6-4-9;;;;;;;/h3,6-7,12,15H,1,4-5,8-11H2,2H3;3,5-7,9H,1,4H2,2H3;2*2,4-6,8H,1,3H2;2,4-6,8H,1,3H2,(H,14,15);2-4H,5H2,1H3;1,3-6H2;3*1H4;;;2*1H2/q;;;;;;;;;;2*+1;;/p-2. The molecule has 0 aliphatic carbocycles. The molecule has 0 radical (unpaired) electrons. The van der Waals surface area contributed by atoms with Crippen LogP contribution in [0.2, 0.25) is 60.3 Å². The van der Waals surface area contributed by atoms with E-state index in [-0.39, 0.29) is 129 Å². The summed E-state index contributed by atoms with van der Waals surface area (Å²) in [6.45, 7) is 25.8. The van der Waals surface area contributed by atoms with Crippen molar-refractivity contribution in [2.45, 2.75) is 104 Å². The van der Waals surface area contributed by atoms with E-state index in [1.54, 1.807) is 140 Å². The summed E-state index contributed by atoms with van der Waals surface area (Å²) in [4.78, 5) is 73.9. The third kappa shape index (κ3) is 42.6. The maximum Gasteiger partial charge on any atom is 1.00 e. The Kier molecular flexibility index (Phi) is 70.9. The molecular weight excluding hydrogens is 1920 g/mol. The molecule has 18 nitrogen and oxygen atoms in total. The molecule has 2 aliphatic heterocycles. The number of nitrogens with zero attached hydrogens (tertiary/aromatic N) is 4. The van der Waals surface area contributed by atoms with E-state index in [0.29, 0.717) is 147 Å². The Labute approximate surface area is 840 Å². The molecule has 6 aromatic carbocycles. The molecule has 3 heterocycles. The van der Waals surface area contributed by atoms with Crippen molar-refractivity contribution < 1.29 is 128 Å². The predicted octanol–water partition coefficient (Wildman–Crippen LogP) is 20.9. The van der Waals surface area contributed by atoms with Crippen LogP contribution in [0.4, 0.5) is 5.00 Å². The summed E-state index contributed by atoms with van der Waals surface area (Å²) in [6, 6.07) is 34.8. The van der Waals surface area contributed by atoms with Crippen molar-refractivity contribution in [2.24, 2.45) is 0 Å². The van der Waals surface area contributed by atoms with Gasteiger partial charge in [-0.1, -0.05) is 240 Å². The normalized spacial score (nSPS) is 12.3. The maximum atomic E-state index is 12.9. The Bertz CT molecular complexity index is 4440. The van der Waals surface area contributed by atoms with Gasteiger partial charge in [-0.2, -0.15) is 10.5 Å². The van der Waals surface area contributed by atoms with Gasteiger partial charge in [0.2, 0.25) is 10.5 Å². The SMILES string of the molecule is C.C.C.C=CCC(C(=O)Cl)c1ccc(Cl)c(Cl)c1.C=CCC(C(=O)Cl)c1ccc(Cl)c(Cl)c1.C=CCC(C(=O)O)c1ccc(Cl)c(Cl)c1.C=CCC(C(=O)OC)c1ccc(Cl)c(Cl)c1.C=CCC(c1ccc(Cl)c(Cl)c1)c1c(C(=O)OCC)sc(N2CCOCC2)c1C#N.COC(=O)Cc1ccc(Cl)c(Cl)c1.N#CCC(=S)N1CCOCC1.[Na+].[Na+].[OH-].[OH-]. The van der Waals surface area contributed by atoms with Crippen molar-refractivity contribution in [1.82, 2.24) is 4.90 Å². The molecule has 122 heavy (non-hydrogen) atoms. The van der Waals surface area contributed by atoms with Crippen LogP contribution in [0.1, 0.15) is 151 Å². The summed E-state index contributed by atoms with van der Waals surface area (Å²) >= 11 is 87.6. The van der Waals surface area contributed by atoms with Gasteiger partial charge in [0.1, 0.15) is 15.9 Å². The molecule has 36 heteroatoms. The third-order valence-electron chi connectivity index (χ3n) is 16.4. The fraction of sp³-hybridized carbons (Fsp3) is 0.314. The fourth-order valence-electron chi connectivity index (χ4n) is 10.6. The third-order valence-corrected chi connectivity index (χ3v) is 23.0. The maximum absolute atomic E-state index is 12.9. The number of carbonyl (C=O) groups is 6.